The summed E-state index contributed by atoms with van der Waals surface area (Å²) < 4.78 is 23.7. The molecule has 2 rings (SSSR count). The standard InChI is InChI=1S/C17H20O3S/c1-3-21(19,20)13(2)17(18)16-11-9-15(10-12-16)14-7-5-4-6-8-14/h4-13,17-18H,3H2,1-2H3. The average Bonchev–Trinajstić information content (AvgIpc) is 2.54. The van der Waals surface area contributed by atoms with Crippen molar-refractivity contribution in [3.8, 4) is 11.1 Å². The first kappa shape index (κ1) is 15.7. The van der Waals surface area contributed by atoms with Crippen molar-refractivity contribution in [1.82, 2.24) is 0 Å². The van der Waals surface area contributed by atoms with E-state index in [1.54, 1.807) is 26.0 Å². The molecular formula is C17H20O3S. The molecule has 0 saturated carbocycles. The second-order valence-corrected chi connectivity index (χ2v) is 7.74. The molecule has 2 atom stereocenters. The minimum Gasteiger partial charge on any atom is -0.387 e. The summed E-state index contributed by atoms with van der Waals surface area (Å²) in [7, 11) is -3.26. The van der Waals surface area contributed by atoms with E-state index in [9.17, 15) is 13.5 Å². The van der Waals surface area contributed by atoms with E-state index in [1.165, 1.54) is 0 Å². The maximum absolute atomic E-state index is 11.8. The van der Waals surface area contributed by atoms with Gasteiger partial charge in [-0.1, -0.05) is 61.5 Å². The van der Waals surface area contributed by atoms with Crippen LogP contribution < -0.4 is 0 Å². The molecule has 0 aliphatic carbocycles. The molecule has 2 aromatic rings. The highest BCUT2D eigenvalue weighted by atomic mass is 32.2. The summed E-state index contributed by atoms with van der Waals surface area (Å²) in [5, 5.41) is 9.44. The van der Waals surface area contributed by atoms with E-state index in [2.05, 4.69) is 0 Å². The van der Waals surface area contributed by atoms with Gasteiger partial charge in [-0.3, -0.25) is 0 Å². The van der Waals surface area contributed by atoms with Crippen molar-refractivity contribution < 1.29 is 13.5 Å². The van der Waals surface area contributed by atoms with E-state index in [0.29, 0.717) is 5.56 Å². The van der Waals surface area contributed by atoms with Gasteiger partial charge in [-0.05, 0) is 23.6 Å². The Morgan fingerprint density at radius 2 is 1.48 bits per heavy atom. The van der Waals surface area contributed by atoms with Crippen LogP contribution in [-0.2, 0) is 9.84 Å². The molecule has 0 fully saturated rings. The third kappa shape index (κ3) is 3.52. The second-order valence-electron chi connectivity index (χ2n) is 5.09. The van der Waals surface area contributed by atoms with Crippen molar-refractivity contribution >= 4 is 9.84 Å². The van der Waals surface area contributed by atoms with Gasteiger partial charge in [-0.2, -0.15) is 0 Å². The SMILES string of the molecule is CCS(=O)(=O)C(C)C(O)c1ccc(-c2ccccc2)cc1. The van der Waals surface area contributed by atoms with E-state index in [-0.39, 0.29) is 5.75 Å². The molecule has 2 unspecified atom stereocenters. The normalized spacial score (nSPS) is 14.6. The maximum atomic E-state index is 11.8. The molecule has 2 aromatic carbocycles. The summed E-state index contributed by atoms with van der Waals surface area (Å²) >= 11 is 0. The van der Waals surface area contributed by atoms with Gasteiger partial charge in [-0.15, -0.1) is 0 Å². The molecule has 0 aliphatic rings. The smallest absolute Gasteiger partial charge is 0.155 e. The van der Waals surface area contributed by atoms with Gasteiger partial charge in [0.2, 0.25) is 0 Å². The molecule has 4 heteroatoms. The minimum absolute atomic E-state index is 0.0350. The molecule has 0 spiro atoms. The Labute approximate surface area is 126 Å². The lowest BCUT2D eigenvalue weighted by atomic mass is 10.0. The van der Waals surface area contributed by atoms with Crippen LogP contribution in [-0.4, -0.2) is 24.5 Å². The van der Waals surface area contributed by atoms with Gasteiger partial charge in [-0.25, -0.2) is 8.42 Å². The Kier molecular flexibility index (Phi) is 4.80. The Bertz CT molecular complexity index is 676. The predicted molar refractivity (Wildman–Crippen MR) is 85.8 cm³/mol. The van der Waals surface area contributed by atoms with E-state index in [1.807, 2.05) is 42.5 Å². The number of rotatable bonds is 5. The van der Waals surface area contributed by atoms with E-state index in [4.69, 9.17) is 0 Å². The molecular weight excluding hydrogens is 284 g/mol. The number of sulfone groups is 1. The Morgan fingerprint density at radius 3 is 2.00 bits per heavy atom. The molecule has 1 N–H and O–H groups in total. The minimum atomic E-state index is -3.26. The lowest BCUT2D eigenvalue weighted by Crippen LogP contribution is -2.26. The van der Waals surface area contributed by atoms with Gasteiger partial charge in [0.15, 0.2) is 9.84 Å². The first-order valence-corrected chi connectivity index (χ1v) is 8.72. The fraction of sp³-hybridized carbons (Fsp3) is 0.294. The summed E-state index contributed by atoms with van der Waals surface area (Å²) in [6.07, 6.45) is -1.00. The Hall–Kier alpha value is -1.65. The molecule has 0 saturated heterocycles. The van der Waals surface area contributed by atoms with Crippen LogP contribution in [0.5, 0.6) is 0 Å². The third-order valence-corrected chi connectivity index (χ3v) is 5.97. The number of hydrogen-bond acceptors (Lipinski definition) is 3. The second kappa shape index (κ2) is 6.41. The van der Waals surface area contributed by atoms with Crippen LogP contribution >= 0.6 is 0 Å². The Balaban J connectivity index is 2.23. The van der Waals surface area contributed by atoms with Crippen molar-refractivity contribution in [3.63, 3.8) is 0 Å². The topological polar surface area (TPSA) is 54.4 Å². The van der Waals surface area contributed by atoms with Gasteiger partial charge in [0, 0.05) is 5.75 Å². The maximum Gasteiger partial charge on any atom is 0.155 e. The first-order valence-electron chi connectivity index (χ1n) is 7.00. The van der Waals surface area contributed by atoms with Crippen molar-refractivity contribution in [2.75, 3.05) is 5.75 Å². The van der Waals surface area contributed by atoms with Crippen LogP contribution in [0.15, 0.2) is 54.6 Å². The number of aliphatic hydroxyl groups excluding tert-OH is 1. The highest BCUT2D eigenvalue weighted by molar-refractivity contribution is 7.92. The average molecular weight is 304 g/mol. The molecule has 21 heavy (non-hydrogen) atoms. The molecule has 0 aliphatic heterocycles. The van der Waals surface area contributed by atoms with Gasteiger partial charge in [0.05, 0.1) is 11.4 Å². The van der Waals surface area contributed by atoms with E-state index >= 15 is 0 Å². The zero-order valence-electron chi connectivity index (χ0n) is 12.2. The number of aliphatic hydroxyl groups is 1. The summed E-state index contributed by atoms with van der Waals surface area (Å²) in [6.45, 7) is 3.14. The molecule has 0 heterocycles. The summed E-state index contributed by atoms with van der Waals surface area (Å²) in [6, 6.07) is 17.3. The molecule has 0 radical (unpaired) electrons. The fourth-order valence-corrected chi connectivity index (χ4v) is 3.31. The van der Waals surface area contributed by atoms with Gasteiger partial charge < -0.3 is 5.11 Å². The highest BCUT2D eigenvalue weighted by Crippen LogP contribution is 2.25. The van der Waals surface area contributed by atoms with Gasteiger partial charge >= 0.3 is 0 Å². The van der Waals surface area contributed by atoms with Gasteiger partial charge in [0.25, 0.3) is 0 Å². The van der Waals surface area contributed by atoms with Crippen molar-refractivity contribution in [1.29, 1.82) is 0 Å². The van der Waals surface area contributed by atoms with Crippen LogP contribution in [0.2, 0.25) is 0 Å². The Morgan fingerprint density at radius 1 is 0.952 bits per heavy atom. The van der Waals surface area contributed by atoms with Crippen LogP contribution in [0, 0.1) is 0 Å². The lowest BCUT2D eigenvalue weighted by Gasteiger charge is -2.19. The molecule has 0 amide bonds. The van der Waals surface area contributed by atoms with Gasteiger partial charge in [0.1, 0.15) is 0 Å². The zero-order chi connectivity index (χ0) is 15.5. The first-order chi connectivity index (χ1) is 9.95. The number of benzene rings is 2. The fourth-order valence-electron chi connectivity index (χ4n) is 2.23. The van der Waals surface area contributed by atoms with Crippen LogP contribution in [0.1, 0.15) is 25.5 Å². The van der Waals surface area contributed by atoms with Crippen molar-refractivity contribution in [2.45, 2.75) is 25.2 Å². The largest absolute Gasteiger partial charge is 0.387 e. The summed E-state index contributed by atoms with van der Waals surface area (Å²) in [4.78, 5) is 0. The highest BCUT2D eigenvalue weighted by Gasteiger charge is 2.27. The lowest BCUT2D eigenvalue weighted by molar-refractivity contribution is 0.176. The van der Waals surface area contributed by atoms with E-state index < -0.39 is 21.2 Å². The van der Waals surface area contributed by atoms with Crippen LogP contribution in [0.4, 0.5) is 0 Å². The molecule has 112 valence electrons. The van der Waals surface area contributed by atoms with E-state index in [0.717, 1.165) is 11.1 Å². The number of hydrogen-bond donors (Lipinski definition) is 1. The van der Waals surface area contributed by atoms with Crippen LogP contribution in [0.3, 0.4) is 0 Å². The monoisotopic (exact) mass is 304 g/mol. The summed E-state index contributed by atoms with van der Waals surface area (Å²) in [5.41, 5.74) is 2.75. The molecule has 0 aromatic heterocycles. The predicted octanol–water partition coefficient (Wildman–Crippen LogP) is 3.21. The van der Waals surface area contributed by atoms with Crippen molar-refractivity contribution in [3.05, 3.63) is 60.2 Å². The third-order valence-electron chi connectivity index (χ3n) is 3.77. The summed E-state index contributed by atoms with van der Waals surface area (Å²) in [5.74, 6) is 0.0350. The zero-order valence-corrected chi connectivity index (χ0v) is 13.0. The quantitative estimate of drug-likeness (QED) is 0.923. The molecule has 3 nitrogen and oxygen atoms in total. The molecule has 0 bridgehead atoms. The van der Waals surface area contributed by atoms with Crippen molar-refractivity contribution in [2.24, 2.45) is 0 Å². The van der Waals surface area contributed by atoms with Crippen LogP contribution in [0.25, 0.3) is 11.1 Å².